The van der Waals surface area contributed by atoms with Crippen molar-refractivity contribution in [1.82, 2.24) is 0 Å². The molecule has 0 amide bonds. The predicted molar refractivity (Wildman–Crippen MR) is 92.1 cm³/mol. The molecule has 1 aromatic heterocycles. The summed E-state index contributed by atoms with van der Waals surface area (Å²) in [5, 5.41) is 2.87. The lowest BCUT2D eigenvalue weighted by Gasteiger charge is -2.01. The second-order valence-corrected chi connectivity index (χ2v) is 5.56. The van der Waals surface area contributed by atoms with Crippen molar-refractivity contribution in [2.24, 2.45) is 0 Å². The Morgan fingerprint density at radius 1 is 0.591 bits per heavy atom. The molecule has 22 heavy (non-hydrogen) atoms. The van der Waals surface area contributed by atoms with Crippen LogP contribution in [-0.4, -0.2) is 0 Å². The highest BCUT2D eigenvalue weighted by atomic mass is 35.5. The summed E-state index contributed by atoms with van der Waals surface area (Å²) in [5.74, 6) is 1.70. The summed E-state index contributed by atoms with van der Waals surface area (Å²) in [6.45, 7) is 0. The summed E-state index contributed by atoms with van der Waals surface area (Å²) in [4.78, 5) is 0. The second kappa shape index (κ2) is 5.36. The fraction of sp³-hybridized carbons (Fsp3) is 0. The largest absolute Gasteiger partial charge is 0.455 e. The number of furan rings is 1. The quantitative estimate of drug-likeness (QED) is 0.416. The smallest absolute Gasteiger partial charge is 0.144 e. The topological polar surface area (TPSA) is 13.1 Å². The third-order valence-corrected chi connectivity index (χ3v) is 4.10. The van der Waals surface area contributed by atoms with E-state index >= 15 is 0 Å². The van der Waals surface area contributed by atoms with Crippen LogP contribution in [0.25, 0.3) is 33.4 Å². The molecule has 3 aromatic carbocycles. The lowest BCUT2D eigenvalue weighted by molar-refractivity contribution is 0.602. The van der Waals surface area contributed by atoms with Gasteiger partial charge in [0, 0.05) is 21.9 Å². The van der Waals surface area contributed by atoms with E-state index in [9.17, 15) is 0 Å². The number of fused-ring (bicyclic) bond motifs is 1. The van der Waals surface area contributed by atoms with Crippen LogP contribution in [0.1, 0.15) is 0 Å². The van der Waals surface area contributed by atoms with Crippen LogP contribution in [0.15, 0.2) is 83.3 Å². The van der Waals surface area contributed by atoms with Crippen LogP contribution in [0, 0.1) is 0 Å². The predicted octanol–water partition coefficient (Wildman–Crippen LogP) is 6.42. The standard InChI is InChI=1S/C20H13ClO/c21-18-13-7-6-12-17(18)20-16-11-5-4-10-15(16)19(22-20)14-8-2-1-3-9-14/h1-13H. The van der Waals surface area contributed by atoms with Gasteiger partial charge in [0.2, 0.25) is 0 Å². The third kappa shape index (κ3) is 2.11. The summed E-state index contributed by atoms with van der Waals surface area (Å²) in [5.41, 5.74) is 1.99. The maximum absolute atomic E-state index is 6.35. The Kier molecular flexibility index (Phi) is 3.21. The first-order valence-corrected chi connectivity index (χ1v) is 7.54. The summed E-state index contributed by atoms with van der Waals surface area (Å²) in [6.07, 6.45) is 0. The van der Waals surface area contributed by atoms with Crippen molar-refractivity contribution >= 4 is 22.4 Å². The summed E-state index contributed by atoms with van der Waals surface area (Å²) in [6, 6.07) is 26.1. The van der Waals surface area contributed by atoms with E-state index in [2.05, 4.69) is 24.3 Å². The van der Waals surface area contributed by atoms with E-state index in [1.54, 1.807) is 0 Å². The average molecular weight is 305 g/mol. The van der Waals surface area contributed by atoms with Gasteiger partial charge in [-0.3, -0.25) is 0 Å². The number of benzene rings is 3. The van der Waals surface area contributed by atoms with Gasteiger partial charge in [-0.15, -0.1) is 0 Å². The van der Waals surface area contributed by atoms with Gasteiger partial charge in [-0.1, -0.05) is 78.3 Å². The Bertz CT molecular complexity index is 938. The lowest BCUT2D eigenvalue weighted by atomic mass is 10.0. The monoisotopic (exact) mass is 304 g/mol. The van der Waals surface area contributed by atoms with Gasteiger partial charge in [-0.25, -0.2) is 0 Å². The highest BCUT2D eigenvalue weighted by Crippen LogP contribution is 2.40. The lowest BCUT2D eigenvalue weighted by Crippen LogP contribution is -1.76. The van der Waals surface area contributed by atoms with E-state index in [1.165, 1.54) is 0 Å². The maximum Gasteiger partial charge on any atom is 0.144 e. The van der Waals surface area contributed by atoms with Gasteiger partial charge in [-0.05, 0) is 12.1 Å². The number of rotatable bonds is 2. The van der Waals surface area contributed by atoms with E-state index in [0.717, 1.165) is 33.4 Å². The van der Waals surface area contributed by atoms with Crippen molar-refractivity contribution in [3.05, 3.63) is 83.9 Å². The van der Waals surface area contributed by atoms with Crippen molar-refractivity contribution in [3.63, 3.8) is 0 Å². The van der Waals surface area contributed by atoms with Crippen LogP contribution in [-0.2, 0) is 0 Å². The minimum atomic E-state index is 0.696. The molecule has 0 saturated heterocycles. The Hall–Kier alpha value is -2.51. The van der Waals surface area contributed by atoms with Crippen molar-refractivity contribution < 1.29 is 4.42 Å². The number of halogens is 1. The Labute approximate surface area is 133 Å². The molecule has 0 aliphatic rings. The molecule has 0 saturated carbocycles. The minimum Gasteiger partial charge on any atom is -0.455 e. The van der Waals surface area contributed by atoms with E-state index in [-0.39, 0.29) is 0 Å². The zero-order chi connectivity index (χ0) is 14.9. The highest BCUT2D eigenvalue weighted by molar-refractivity contribution is 6.33. The fourth-order valence-corrected chi connectivity index (χ4v) is 2.96. The van der Waals surface area contributed by atoms with E-state index in [0.29, 0.717) is 5.02 Å². The van der Waals surface area contributed by atoms with Crippen LogP contribution in [0.5, 0.6) is 0 Å². The van der Waals surface area contributed by atoms with E-state index in [4.69, 9.17) is 16.0 Å². The van der Waals surface area contributed by atoms with Gasteiger partial charge < -0.3 is 4.42 Å². The molecule has 106 valence electrons. The number of hydrogen-bond donors (Lipinski definition) is 0. The summed E-state index contributed by atoms with van der Waals surface area (Å²) in [7, 11) is 0. The van der Waals surface area contributed by atoms with Crippen molar-refractivity contribution in [3.8, 4) is 22.6 Å². The molecule has 0 spiro atoms. The highest BCUT2D eigenvalue weighted by Gasteiger charge is 2.17. The first-order valence-electron chi connectivity index (χ1n) is 7.16. The molecule has 0 N–H and O–H groups in total. The van der Waals surface area contributed by atoms with Crippen LogP contribution in [0.3, 0.4) is 0 Å². The van der Waals surface area contributed by atoms with Gasteiger partial charge >= 0.3 is 0 Å². The molecule has 1 heterocycles. The van der Waals surface area contributed by atoms with Crippen LogP contribution in [0.2, 0.25) is 5.02 Å². The SMILES string of the molecule is Clc1ccccc1-c1oc(-c2ccccc2)c2ccccc12. The Morgan fingerprint density at radius 2 is 1.18 bits per heavy atom. The van der Waals surface area contributed by atoms with Crippen molar-refractivity contribution in [2.75, 3.05) is 0 Å². The minimum absolute atomic E-state index is 0.696. The first kappa shape index (κ1) is 13.2. The summed E-state index contributed by atoms with van der Waals surface area (Å²) < 4.78 is 6.23. The van der Waals surface area contributed by atoms with Gasteiger partial charge in [0.1, 0.15) is 11.5 Å². The zero-order valence-electron chi connectivity index (χ0n) is 11.8. The Balaban J connectivity index is 2.04. The third-order valence-electron chi connectivity index (χ3n) is 3.77. The first-order chi connectivity index (χ1) is 10.8. The molecule has 2 heteroatoms. The average Bonchev–Trinajstić information content (AvgIpc) is 2.96. The molecule has 0 aliphatic heterocycles. The molecule has 0 atom stereocenters. The van der Waals surface area contributed by atoms with Crippen LogP contribution >= 0.6 is 11.6 Å². The van der Waals surface area contributed by atoms with Crippen molar-refractivity contribution in [2.45, 2.75) is 0 Å². The molecule has 0 fully saturated rings. The van der Waals surface area contributed by atoms with Gasteiger partial charge in [-0.2, -0.15) is 0 Å². The molecule has 0 radical (unpaired) electrons. The van der Waals surface area contributed by atoms with Crippen LogP contribution in [0.4, 0.5) is 0 Å². The van der Waals surface area contributed by atoms with Gasteiger partial charge in [0.15, 0.2) is 0 Å². The molecular formula is C20H13ClO. The fourth-order valence-electron chi connectivity index (χ4n) is 2.74. The molecule has 4 aromatic rings. The molecular weight excluding hydrogens is 292 g/mol. The second-order valence-electron chi connectivity index (χ2n) is 5.15. The van der Waals surface area contributed by atoms with E-state index < -0.39 is 0 Å². The Morgan fingerprint density at radius 3 is 1.91 bits per heavy atom. The normalized spacial score (nSPS) is 11.0. The maximum atomic E-state index is 6.35. The zero-order valence-corrected chi connectivity index (χ0v) is 12.5. The molecule has 1 nitrogen and oxygen atoms in total. The van der Waals surface area contributed by atoms with Crippen LogP contribution < -0.4 is 0 Å². The molecule has 0 aliphatic carbocycles. The number of hydrogen-bond acceptors (Lipinski definition) is 1. The molecule has 0 bridgehead atoms. The van der Waals surface area contributed by atoms with Gasteiger partial charge in [0.05, 0.1) is 5.02 Å². The van der Waals surface area contributed by atoms with E-state index in [1.807, 2.05) is 54.6 Å². The van der Waals surface area contributed by atoms with Crippen molar-refractivity contribution in [1.29, 1.82) is 0 Å². The molecule has 0 unspecified atom stereocenters. The van der Waals surface area contributed by atoms with Gasteiger partial charge in [0.25, 0.3) is 0 Å². The molecule has 4 rings (SSSR count). The summed E-state index contributed by atoms with van der Waals surface area (Å²) >= 11 is 6.35.